The number of nitrogens with one attached hydrogen (secondary N) is 1. The van der Waals surface area contributed by atoms with E-state index in [1.54, 1.807) is 13.0 Å². The number of aromatic nitrogens is 1. The van der Waals surface area contributed by atoms with Gasteiger partial charge in [-0.3, -0.25) is 4.79 Å². The SMILES string of the molecule is CCOC(=O)CCCc1ccc(Oc2cc(C)[nH]c(=S)c2C#N)cc1. The van der Waals surface area contributed by atoms with Crippen LogP contribution in [0.5, 0.6) is 11.5 Å². The van der Waals surface area contributed by atoms with Crippen molar-refractivity contribution in [2.24, 2.45) is 0 Å². The quantitative estimate of drug-likeness (QED) is 0.579. The zero-order chi connectivity index (χ0) is 18.2. The van der Waals surface area contributed by atoms with E-state index < -0.39 is 0 Å². The van der Waals surface area contributed by atoms with Crippen LogP contribution in [0.4, 0.5) is 0 Å². The van der Waals surface area contributed by atoms with E-state index in [0.717, 1.165) is 24.1 Å². The first-order valence-corrected chi connectivity index (χ1v) is 8.50. The third-order valence-electron chi connectivity index (χ3n) is 3.55. The second kappa shape index (κ2) is 9.00. The molecular formula is C19H20N2O3S. The Kier molecular flexibility index (Phi) is 6.72. The molecule has 0 amide bonds. The molecule has 0 radical (unpaired) electrons. The molecule has 0 saturated carbocycles. The number of nitrogens with zero attached hydrogens (tertiary/aromatic N) is 1. The van der Waals surface area contributed by atoms with Crippen molar-refractivity contribution in [3.8, 4) is 17.6 Å². The molecule has 2 rings (SSSR count). The van der Waals surface area contributed by atoms with Crippen LogP contribution in [0.15, 0.2) is 30.3 Å². The lowest BCUT2D eigenvalue weighted by atomic mass is 10.1. The third kappa shape index (κ3) is 5.44. The maximum Gasteiger partial charge on any atom is 0.305 e. The molecule has 1 N–H and O–H groups in total. The molecule has 0 fully saturated rings. The summed E-state index contributed by atoms with van der Waals surface area (Å²) in [6, 6.07) is 11.4. The van der Waals surface area contributed by atoms with Crippen molar-refractivity contribution in [3.05, 3.63) is 51.8 Å². The molecule has 0 aliphatic heterocycles. The van der Waals surface area contributed by atoms with Gasteiger partial charge < -0.3 is 14.5 Å². The van der Waals surface area contributed by atoms with E-state index in [0.29, 0.717) is 34.7 Å². The lowest BCUT2D eigenvalue weighted by molar-refractivity contribution is -0.143. The van der Waals surface area contributed by atoms with E-state index in [2.05, 4.69) is 11.1 Å². The van der Waals surface area contributed by atoms with Crippen LogP contribution in [0.25, 0.3) is 0 Å². The second-order valence-corrected chi connectivity index (χ2v) is 5.95. The fourth-order valence-electron chi connectivity index (χ4n) is 2.37. The lowest BCUT2D eigenvalue weighted by Gasteiger charge is -2.09. The normalized spacial score (nSPS) is 10.1. The average Bonchev–Trinajstić information content (AvgIpc) is 2.56. The molecule has 0 saturated heterocycles. The van der Waals surface area contributed by atoms with E-state index >= 15 is 0 Å². The zero-order valence-corrected chi connectivity index (χ0v) is 15.1. The van der Waals surface area contributed by atoms with Crippen LogP contribution in [-0.2, 0) is 16.0 Å². The average molecular weight is 356 g/mol. The predicted molar refractivity (Wildman–Crippen MR) is 97.2 cm³/mol. The summed E-state index contributed by atoms with van der Waals surface area (Å²) in [4.78, 5) is 14.3. The predicted octanol–water partition coefficient (Wildman–Crippen LogP) is 4.60. The summed E-state index contributed by atoms with van der Waals surface area (Å²) in [5, 5.41) is 9.24. The van der Waals surface area contributed by atoms with Gasteiger partial charge in [-0.2, -0.15) is 5.26 Å². The summed E-state index contributed by atoms with van der Waals surface area (Å²) in [5.74, 6) is 0.909. The Balaban J connectivity index is 2.01. The van der Waals surface area contributed by atoms with Gasteiger partial charge in [-0.1, -0.05) is 24.4 Å². The number of ether oxygens (including phenoxy) is 2. The van der Waals surface area contributed by atoms with Gasteiger partial charge in [0.2, 0.25) is 0 Å². The van der Waals surface area contributed by atoms with Gasteiger partial charge in [-0.25, -0.2) is 0 Å². The third-order valence-corrected chi connectivity index (χ3v) is 3.85. The number of carbonyl (C=O) groups excluding carboxylic acids is 1. The zero-order valence-electron chi connectivity index (χ0n) is 14.3. The van der Waals surface area contributed by atoms with Crippen LogP contribution in [0.2, 0.25) is 0 Å². The van der Waals surface area contributed by atoms with Crippen LogP contribution in [-0.4, -0.2) is 17.6 Å². The molecule has 1 aromatic carbocycles. The molecule has 1 heterocycles. The summed E-state index contributed by atoms with van der Waals surface area (Å²) in [5.41, 5.74) is 2.26. The van der Waals surface area contributed by atoms with Crippen molar-refractivity contribution in [2.75, 3.05) is 6.61 Å². The second-order valence-electron chi connectivity index (χ2n) is 5.54. The molecule has 0 spiro atoms. The van der Waals surface area contributed by atoms with Crippen molar-refractivity contribution in [3.63, 3.8) is 0 Å². The van der Waals surface area contributed by atoms with Gasteiger partial charge in [0.15, 0.2) is 0 Å². The molecule has 6 heteroatoms. The van der Waals surface area contributed by atoms with E-state index in [1.165, 1.54) is 0 Å². The minimum Gasteiger partial charge on any atom is -0.466 e. The first-order valence-electron chi connectivity index (χ1n) is 8.10. The summed E-state index contributed by atoms with van der Waals surface area (Å²) >= 11 is 5.15. The van der Waals surface area contributed by atoms with E-state index in [4.69, 9.17) is 21.7 Å². The summed E-state index contributed by atoms with van der Waals surface area (Å²) < 4.78 is 11.1. The Morgan fingerprint density at radius 3 is 2.68 bits per heavy atom. The monoisotopic (exact) mass is 356 g/mol. The Morgan fingerprint density at radius 1 is 1.32 bits per heavy atom. The molecule has 2 aromatic rings. The molecule has 0 unspecified atom stereocenters. The topological polar surface area (TPSA) is 75.1 Å². The highest BCUT2D eigenvalue weighted by Gasteiger charge is 2.08. The first kappa shape index (κ1) is 18.7. The Hall–Kier alpha value is -2.65. The smallest absolute Gasteiger partial charge is 0.305 e. The number of aromatic amines is 1. The number of pyridine rings is 1. The van der Waals surface area contributed by atoms with E-state index in [-0.39, 0.29) is 5.97 Å². The Bertz CT molecular complexity index is 835. The number of hydrogen-bond acceptors (Lipinski definition) is 5. The van der Waals surface area contributed by atoms with Crippen molar-refractivity contribution in [2.45, 2.75) is 33.1 Å². The number of aryl methyl sites for hydroxylation is 2. The fraction of sp³-hybridized carbons (Fsp3) is 0.316. The maximum atomic E-state index is 11.3. The standard InChI is InChI=1S/C19H20N2O3S/c1-3-23-18(22)6-4-5-14-7-9-15(10-8-14)24-17-11-13(2)21-19(25)16(17)12-20/h7-11H,3-6H2,1-2H3,(H,21,25). The van der Waals surface area contributed by atoms with Crippen LogP contribution >= 0.6 is 12.2 Å². The Labute approximate surface area is 152 Å². The van der Waals surface area contributed by atoms with Crippen LogP contribution in [0.3, 0.4) is 0 Å². The maximum absolute atomic E-state index is 11.3. The largest absolute Gasteiger partial charge is 0.466 e. The van der Waals surface area contributed by atoms with E-state index in [9.17, 15) is 10.1 Å². The number of carbonyl (C=O) groups is 1. The molecule has 1 aromatic heterocycles. The number of esters is 1. The molecule has 0 aliphatic carbocycles. The molecule has 5 nitrogen and oxygen atoms in total. The molecule has 0 atom stereocenters. The molecule has 0 aliphatic rings. The van der Waals surface area contributed by atoms with Crippen LogP contribution in [0.1, 0.15) is 36.6 Å². The van der Waals surface area contributed by atoms with Crippen LogP contribution < -0.4 is 4.74 Å². The highest BCUT2D eigenvalue weighted by Crippen LogP contribution is 2.26. The highest BCUT2D eigenvalue weighted by molar-refractivity contribution is 7.71. The van der Waals surface area contributed by atoms with Gasteiger partial charge >= 0.3 is 5.97 Å². The Morgan fingerprint density at radius 2 is 2.04 bits per heavy atom. The summed E-state index contributed by atoms with van der Waals surface area (Å²) in [6.07, 6.45) is 1.95. The minimum atomic E-state index is -0.164. The highest BCUT2D eigenvalue weighted by atomic mass is 32.1. The number of benzene rings is 1. The van der Waals surface area contributed by atoms with Gasteiger partial charge in [-0.15, -0.1) is 0 Å². The van der Waals surface area contributed by atoms with Crippen molar-refractivity contribution >= 4 is 18.2 Å². The van der Waals surface area contributed by atoms with Gasteiger partial charge in [0.1, 0.15) is 27.8 Å². The van der Waals surface area contributed by atoms with Gasteiger partial charge in [-0.05, 0) is 44.4 Å². The lowest BCUT2D eigenvalue weighted by Crippen LogP contribution is -2.03. The summed E-state index contributed by atoms with van der Waals surface area (Å²) in [7, 11) is 0. The molecule has 25 heavy (non-hydrogen) atoms. The minimum absolute atomic E-state index is 0.164. The number of hydrogen-bond donors (Lipinski definition) is 1. The van der Waals surface area contributed by atoms with Gasteiger partial charge in [0.05, 0.1) is 6.61 Å². The van der Waals surface area contributed by atoms with Crippen molar-refractivity contribution < 1.29 is 14.3 Å². The fourth-order valence-corrected chi connectivity index (χ4v) is 2.67. The van der Waals surface area contributed by atoms with Gasteiger partial charge in [0, 0.05) is 18.2 Å². The van der Waals surface area contributed by atoms with Gasteiger partial charge in [0.25, 0.3) is 0 Å². The van der Waals surface area contributed by atoms with E-state index in [1.807, 2.05) is 31.2 Å². The molecule has 0 bridgehead atoms. The number of H-pyrrole nitrogens is 1. The first-order chi connectivity index (χ1) is 12.0. The summed E-state index contributed by atoms with van der Waals surface area (Å²) in [6.45, 7) is 4.07. The molecular weight excluding hydrogens is 336 g/mol. The number of rotatable bonds is 7. The van der Waals surface area contributed by atoms with Crippen LogP contribution in [0, 0.1) is 22.9 Å². The molecule has 130 valence electrons. The van der Waals surface area contributed by atoms with Crippen molar-refractivity contribution in [1.29, 1.82) is 5.26 Å². The number of nitriles is 1. The van der Waals surface area contributed by atoms with Crippen molar-refractivity contribution in [1.82, 2.24) is 4.98 Å².